The number of ketones is 1. The molecule has 0 aliphatic rings. The zero-order chi connectivity index (χ0) is 26.3. The quantitative estimate of drug-likeness (QED) is 0.198. The first-order valence-electron chi connectivity index (χ1n) is 13.2. The molecule has 5 aromatic rings. The molecule has 2 aromatic heterocycles. The molecule has 0 fully saturated rings. The summed E-state index contributed by atoms with van der Waals surface area (Å²) in [6.45, 7) is 1.90. The number of rotatable bonds is 11. The number of aromatic nitrogens is 4. The van der Waals surface area contributed by atoms with E-state index in [1.54, 1.807) is 18.5 Å². The average Bonchev–Trinajstić information content (AvgIpc) is 3.46. The summed E-state index contributed by atoms with van der Waals surface area (Å²) >= 11 is 0. The third kappa shape index (κ3) is 5.78. The maximum atomic E-state index is 13.4. The van der Waals surface area contributed by atoms with Gasteiger partial charge in [0, 0.05) is 30.8 Å². The fourth-order valence-electron chi connectivity index (χ4n) is 4.73. The summed E-state index contributed by atoms with van der Waals surface area (Å²) in [4.78, 5) is 41.9. The minimum absolute atomic E-state index is 0.217. The summed E-state index contributed by atoms with van der Waals surface area (Å²) in [6, 6.07) is 19.7. The molecule has 1 atom stereocenters. The second-order valence-electron chi connectivity index (χ2n) is 9.49. The second-order valence-corrected chi connectivity index (χ2v) is 9.49. The number of benzene rings is 3. The van der Waals surface area contributed by atoms with Gasteiger partial charge in [-0.15, -0.1) is 0 Å². The van der Waals surface area contributed by atoms with Crippen molar-refractivity contribution in [2.24, 2.45) is 0 Å². The Morgan fingerprint density at radius 2 is 1.74 bits per heavy atom. The highest BCUT2D eigenvalue weighted by Crippen LogP contribution is 2.26. The Bertz CT molecular complexity index is 1570. The van der Waals surface area contributed by atoms with E-state index < -0.39 is 0 Å². The van der Waals surface area contributed by atoms with Gasteiger partial charge in [0.15, 0.2) is 0 Å². The average molecular weight is 506 g/mol. The van der Waals surface area contributed by atoms with Crippen LogP contribution in [-0.4, -0.2) is 31.6 Å². The number of nitrogens with zero attached hydrogens (tertiary/aromatic N) is 3. The third-order valence-electron chi connectivity index (χ3n) is 6.88. The van der Waals surface area contributed by atoms with Gasteiger partial charge in [0.1, 0.15) is 17.1 Å². The molecule has 0 radical (unpaired) electrons. The van der Waals surface area contributed by atoms with Gasteiger partial charge in [-0.3, -0.25) is 19.6 Å². The monoisotopic (exact) mass is 505 g/mol. The second kappa shape index (κ2) is 11.8. The molecule has 0 bridgehead atoms. The van der Waals surface area contributed by atoms with E-state index in [0.29, 0.717) is 41.7 Å². The lowest BCUT2D eigenvalue weighted by Gasteiger charge is -2.17. The molecule has 0 aliphatic carbocycles. The Balaban J connectivity index is 1.37. The normalized spacial score (nSPS) is 12.0. The number of carbonyl (C=O) groups excluding carboxylic acids is 2. The molecule has 0 unspecified atom stereocenters. The fourth-order valence-corrected chi connectivity index (χ4v) is 4.73. The van der Waals surface area contributed by atoms with Crippen LogP contribution >= 0.6 is 0 Å². The number of amides is 1. The fraction of sp³-hybridized carbons (Fsp3) is 0.258. The smallest absolute Gasteiger partial charge is 0.254 e. The summed E-state index contributed by atoms with van der Waals surface area (Å²) in [5.74, 6) is 0.779. The highest BCUT2D eigenvalue weighted by Gasteiger charge is 2.21. The van der Waals surface area contributed by atoms with E-state index in [0.717, 1.165) is 35.9 Å². The Morgan fingerprint density at radius 1 is 0.895 bits per heavy atom. The van der Waals surface area contributed by atoms with Gasteiger partial charge in [0.25, 0.3) is 5.91 Å². The largest absolute Gasteiger partial charge is 0.342 e. The van der Waals surface area contributed by atoms with Crippen LogP contribution in [0.1, 0.15) is 67.7 Å². The Morgan fingerprint density at radius 3 is 2.61 bits per heavy atom. The molecule has 2 heterocycles. The zero-order valence-corrected chi connectivity index (χ0v) is 21.5. The molecular formula is C31H31N5O2. The van der Waals surface area contributed by atoms with Gasteiger partial charge in [-0.25, -0.2) is 4.98 Å². The lowest BCUT2D eigenvalue weighted by Crippen LogP contribution is -2.29. The maximum Gasteiger partial charge on any atom is 0.254 e. The Labute approximate surface area is 221 Å². The molecule has 2 N–H and O–H groups in total. The SMILES string of the molecule is CCC(=O)CCCCC[C@H](NC(=O)c1cccc2nccnc12)c1ncc(-c2ccc3ccccc3c2)[nH]1. The van der Waals surface area contributed by atoms with Crippen molar-refractivity contribution in [3.63, 3.8) is 0 Å². The van der Waals surface area contributed by atoms with Crippen LogP contribution in [0, 0.1) is 0 Å². The lowest BCUT2D eigenvalue weighted by atomic mass is 10.0. The first kappa shape index (κ1) is 25.3. The van der Waals surface area contributed by atoms with Crippen LogP contribution in [0.4, 0.5) is 0 Å². The van der Waals surface area contributed by atoms with Crippen LogP contribution in [0.15, 0.2) is 79.3 Å². The van der Waals surface area contributed by atoms with Crippen molar-refractivity contribution in [2.75, 3.05) is 0 Å². The Hall–Kier alpha value is -4.39. The molecular weight excluding hydrogens is 474 g/mol. The number of aromatic amines is 1. The molecule has 0 saturated carbocycles. The van der Waals surface area contributed by atoms with Crippen molar-refractivity contribution in [2.45, 2.75) is 51.5 Å². The van der Waals surface area contributed by atoms with Gasteiger partial charge in [-0.2, -0.15) is 0 Å². The molecule has 7 nitrogen and oxygen atoms in total. The van der Waals surface area contributed by atoms with E-state index in [4.69, 9.17) is 0 Å². The van der Waals surface area contributed by atoms with E-state index in [9.17, 15) is 9.59 Å². The van der Waals surface area contributed by atoms with Crippen LogP contribution in [0.2, 0.25) is 0 Å². The van der Waals surface area contributed by atoms with Crippen LogP contribution in [0.3, 0.4) is 0 Å². The van der Waals surface area contributed by atoms with Crippen LogP contribution in [0.25, 0.3) is 33.1 Å². The van der Waals surface area contributed by atoms with Gasteiger partial charge < -0.3 is 10.3 Å². The van der Waals surface area contributed by atoms with Crippen molar-refractivity contribution in [3.05, 3.63) is 90.6 Å². The predicted octanol–water partition coefficient (Wildman–Crippen LogP) is 6.57. The van der Waals surface area contributed by atoms with Gasteiger partial charge in [-0.05, 0) is 41.8 Å². The van der Waals surface area contributed by atoms with Crippen molar-refractivity contribution < 1.29 is 9.59 Å². The van der Waals surface area contributed by atoms with Gasteiger partial charge >= 0.3 is 0 Å². The lowest BCUT2D eigenvalue weighted by molar-refractivity contribution is -0.118. The first-order chi connectivity index (χ1) is 18.6. The minimum atomic E-state index is -0.314. The number of hydrogen-bond donors (Lipinski definition) is 2. The molecule has 0 spiro atoms. The van der Waals surface area contributed by atoms with Crippen LogP contribution < -0.4 is 5.32 Å². The summed E-state index contributed by atoms with van der Waals surface area (Å²) in [5.41, 5.74) is 3.66. The predicted molar refractivity (Wildman–Crippen MR) is 150 cm³/mol. The maximum absolute atomic E-state index is 13.4. The highest BCUT2D eigenvalue weighted by molar-refractivity contribution is 6.04. The molecule has 5 rings (SSSR count). The van der Waals surface area contributed by atoms with Crippen LogP contribution in [-0.2, 0) is 4.79 Å². The number of fused-ring (bicyclic) bond motifs is 2. The van der Waals surface area contributed by atoms with E-state index in [1.807, 2.05) is 37.4 Å². The molecule has 0 saturated heterocycles. The number of nitrogens with one attached hydrogen (secondary N) is 2. The summed E-state index contributed by atoms with van der Waals surface area (Å²) in [6.07, 6.45) is 9.55. The number of unbranched alkanes of at least 4 members (excludes halogenated alkanes) is 2. The molecule has 0 aliphatic heterocycles. The summed E-state index contributed by atoms with van der Waals surface area (Å²) in [5, 5.41) is 5.52. The number of para-hydroxylation sites is 1. The van der Waals surface area contributed by atoms with E-state index >= 15 is 0 Å². The molecule has 192 valence electrons. The van der Waals surface area contributed by atoms with Crippen LogP contribution in [0.5, 0.6) is 0 Å². The summed E-state index contributed by atoms with van der Waals surface area (Å²) < 4.78 is 0. The van der Waals surface area contributed by atoms with Gasteiger partial charge in [0.05, 0.1) is 29.0 Å². The first-order valence-corrected chi connectivity index (χ1v) is 13.2. The van der Waals surface area contributed by atoms with Crippen molar-refractivity contribution in [1.29, 1.82) is 0 Å². The van der Waals surface area contributed by atoms with Crippen molar-refractivity contribution >= 4 is 33.5 Å². The minimum Gasteiger partial charge on any atom is -0.342 e. The molecule has 3 aromatic carbocycles. The van der Waals surface area contributed by atoms with Gasteiger partial charge in [-0.1, -0.05) is 62.2 Å². The zero-order valence-electron chi connectivity index (χ0n) is 21.5. The van der Waals surface area contributed by atoms with Gasteiger partial charge in [0.2, 0.25) is 0 Å². The topological polar surface area (TPSA) is 101 Å². The van der Waals surface area contributed by atoms with Crippen molar-refractivity contribution in [3.8, 4) is 11.3 Å². The number of carbonyl (C=O) groups is 2. The summed E-state index contributed by atoms with van der Waals surface area (Å²) in [7, 11) is 0. The van der Waals surface area contributed by atoms with E-state index in [2.05, 4.69) is 55.6 Å². The number of hydrogen-bond acceptors (Lipinski definition) is 5. The number of H-pyrrole nitrogens is 1. The molecule has 38 heavy (non-hydrogen) atoms. The van der Waals surface area contributed by atoms with Crippen molar-refractivity contribution in [1.82, 2.24) is 25.3 Å². The Kier molecular flexibility index (Phi) is 7.83. The number of Topliss-reactive ketones (excluding diaryl/α,β-unsaturated/α-hetero) is 1. The highest BCUT2D eigenvalue weighted by atomic mass is 16.1. The van der Waals surface area contributed by atoms with E-state index in [1.165, 1.54) is 5.39 Å². The molecule has 7 heteroatoms. The standard InChI is InChI=1S/C31H31N5O2/c1-2-24(37)11-4-3-5-13-27(36-31(38)25-12-8-14-26-29(25)33-18-17-32-26)30-34-20-28(35-30)23-16-15-21-9-6-7-10-22(21)19-23/h6-10,12,14-20,27H,2-5,11,13H2,1H3,(H,34,35)(H,36,38)/t27-/m0/s1. The number of imidazole rings is 1. The molecule has 1 amide bonds. The third-order valence-corrected chi connectivity index (χ3v) is 6.88. The van der Waals surface area contributed by atoms with E-state index in [-0.39, 0.29) is 17.7 Å².